The Morgan fingerprint density at radius 2 is 1.95 bits per heavy atom. The third-order valence-electron chi connectivity index (χ3n) is 3.30. The molecule has 22 heavy (non-hydrogen) atoms. The Labute approximate surface area is 130 Å². The first-order chi connectivity index (χ1) is 10.7. The van der Waals surface area contributed by atoms with Crippen LogP contribution in [0.3, 0.4) is 0 Å². The first kappa shape index (κ1) is 15.6. The van der Waals surface area contributed by atoms with Crippen molar-refractivity contribution in [1.29, 1.82) is 0 Å². The SMILES string of the molecule is CNc1cccc(-c2ccc(C=CC(=O)OC)cc2OC)c1. The number of methoxy groups -OCH3 is 2. The monoisotopic (exact) mass is 297 g/mol. The minimum Gasteiger partial charge on any atom is -0.496 e. The first-order valence-electron chi connectivity index (χ1n) is 6.90. The van der Waals surface area contributed by atoms with E-state index in [2.05, 4.69) is 16.1 Å². The second-order valence-corrected chi connectivity index (χ2v) is 4.65. The van der Waals surface area contributed by atoms with Gasteiger partial charge < -0.3 is 14.8 Å². The van der Waals surface area contributed by atoms with Crippen molar-refractivity contribution in [2.24, 2.45) is 0 Å². The van der Waals surface area contributed by atoms with E-state index in [-0.39, 0.29) is 5.97 Å². The quantitative estimate of drug-likeness (QED) is 0.677. The normalized spacial score (nSPS) is 10.5. The summed E-state index contributed by atoms with van der Waals surface area (Å²) in [5.74, 6) is 0.366. The van der Waals surface area contributed by atoms with E-state index < -0.39 is 0 Å². The summed E-state index contributed by atoms with van der Waals surface area (Å²) in [4.78, 5) is 11.2. The number of ether oxygens (including phenoxy) is 2. The molecule has 0 fully saturated rings. The zero-order chi connectivity index (χ0) is 15.9. The van der Waals surface area contributed by atoms with Crippen molar-refractivity contribution in [2.75, 3.05) is 26.6 Å². The fourth-order valence-corrected chi connectivity index (χ4v) is 2.12. The van der Waals surface area contributed by atoms with E-state index in [0.29, 0.717) is 0 Å². The molecule has 0 aromatic heterocycles. The van der Waals surface area contributed by atoms with Crippen LogP contribution in [-0.2, 0) is 9.53 Å². The lowest BCUT2D eigenvalue weighted by Gasteiger charge is -2.11. The molecule has 1 N–H and O–H groups in total. The molecule has 0 atom stereocenters. The lowest BCUT2D eigenvalue weighted by molar-refractivity contribution is -0.134. The Morgan fingerprint density at radius 1 is 1.14 bits per heavy atom. The molecule has 0 aliphatic carbocycles. The zero-order valence-electron chi connectivity index (χ0n) is 12.9. The molecule has 0 heterocycles. The summed E-state index contributed by atoms with van der Waals surface area (Å²) >= 11 is 0. The summed E-state index contributed by atoms with van der Waals surface area (Å²) in [6.07, 6.45) is 3.08. The molecular weight excluding hydrogens is 278 g/mol. The molecule has 0 radical (unpaired) electrons. The van der Waals surface area contributed by atoms with Gasteiger partial charge in [-0.05, 0) is 35.4 Å². The largest absolute Gasteiger partial charge is 0.496 e. The van der Waals surface area contributed by atoms with Crippen LogP contribution in [0.15, 0.2) is 48.5 Å². The van der Waals surface area contributed by atoms with Crippen LogP contribution < -0.4 is 10.1 Å². The van der Waals surface area contributed by atoms with Gasteiger partial charge in [0.1, 0.15) is 5.75 Å². The molecule has 2 aromatic carbocycles. The second kappa shape index (κ2) is 7.31. The minimum absolute atomic E-state index is 0.384. The average Bonchev–Trinajstić information content (AvgIpc) is 2.59. The third-order valence-corrected chi connectivity index (χ3v) is 3.30. The van der Waals surface area contributed by atoms with Gasteiger partial charge >= 0.3 is 5.97 Å². The summed E-state index contributed by atoms with van der Waals surface area (Å²) in [5.41, 5.74) is 3.96. The Morgan fingerprint density at radius 3 is 2.64 bits per heavy atom. The maximum Gasteiger partial charge on any atom is 0.330 e. The highest BCUT2D eigenvalue weighted by molar-refractivity contribution is 5.87. The van der Waals surface area contributed by atoms with E-state index in [1.807, 2.05) is 43.4 Å². The number of carbonyl (C=O) groups excluding carboxylic acids is 1. The van der Waals surface area contributed by atoms with Gasteiger partial charge in [0, 0.05) is 24.4 Å². The van der Waals surface area contributed by atoms with Gasteiger partial charge in [-0.2, -0.15) is 0 Å². The minimum atomic E-state index is -0.384. The van der Waals surface area contributed by atoms with Crippen molar-refractivity contribution in [3.8, 4) is 16.9 Å². The summed E-state index contributed by atoms with van der Waals surface area (Å²) in [6.45, 7) is 0. The highest BCUT2D eigenvalue weighted by Gasteiger charge is 2.07. The van der Waals surface area contributed by atoms with Gasteiger partial charge in [0.05, 0.1) is 14.2 Å². The molecule has 0 amide bonds. The molecule has 2 rings (SSSR count). The van der Waals surface area contributed by atoms with Crippen molar-refractivity contribution in [2.45, 2.75) is 0 Å². The predicted molar refractivity (Wildman–Crippen MR) is 89.0 cm³/mol. The zero-order valence-corrected chi connectivity index (χ0v) is 12.9. The van der Waals surface area contributed by atoms with Crippen molar-refractivity contribution in [3.05, 3.63) is 54.1 Å². The predicted octanol–water partition coefficient (Wildman–Crippen LogP) is 3.59. The van der Waals surface area contributed by atoms with E-state index in [1.54, 1.807) is 13.2 Å². The van der Waals surface area contributed by atoms with Gasteiger partial charge in [0.25, 0.3) is 0 Å². The highest BCUT2D eigenvalue weighted by atomic mass is 16.5. The maximum absolute atomic E-state index is 11.2. The van der Waals surface area contributed by atoms with E-state index >= 15 is 0 Å². The van der Waals surface area contributed by atoms with Crippen LogP contribution in [0.25, 0.3) is 17.2 Å². The van der Waals surface area contributed by atoms with Crippen LogP contribution in [0, 0.1) is 0 Å². The Balaban J connectivity index is 2.37. The van der Waals surface area contributed by atoms with Crippen LogP contribution >= 0.6 is 0 Å². The first-order valence-corrected chi connectivity index (χ1v) is 6.90. The van der Waals surface area contributed by atoms with Crippen molar-refractivity contribution < 1.29 is 14.3 Å². The molecule has 0 aliphatic rings. The van der Waals surface area contributed by atoms with Crippen LogP contribution in [0.5, 0.6) is 5.75 Å². The average molecular weight is 297 g/mol. The molecule has 0 bridgehead atoms. The van der Waals surface area contributed by atoms with Gasteiger partial charge in [-0.3, -0.25) is 0 Å². The fraction of sp³-hybridized carbons (Fsp3) is 0.167. The number of hydrogen-bond donors (Lipinski definition) is 1. The van der Waals surface area contributed by atoms with E-state index in [0.717, 1.165) is 28.1 Å². The topological polar surface area (TPSA) is 47.6 Å². The molecule has 0 spiro atoms. The van der Waals surface area contributed by atoms with Gasteiger partial charge in [-0.25, -0.2) is 4.79 Å². The molecule has 0 saturated heterocycles. The number of rotatable bonds is 5. The van der Waals surface area contributed by atoms with E-state index in [1.165, 1.54) is 13.2 Å². The summed E-state index contributed by atoms with van der Waals surface area (Å²) < 4.78 is 10.1. The van der Waals surface area contributed by atoms with Gasteiger partial charge in [-0.15, -0.1) is 0 Å². The number of anilines is 1. The van der Waals surface area contributed by atoms with Crippen molar-refractivity contribution >= 4 is 17.7 Å². The fourth-order valence-electron chi connectivity index (χ4n) is 2.12. The van der Waals surface area contributed by atoms with E-state index in [4.69, 9.17) is 4.74 Å². The Bertz CT molecular complexity index is 692. The smallest absolute Gasteiger partial charge is 0.330 e. The molecule has 2 aromatic rings. The molecule has 4 nitrogen and oxygen atoms in total. The van der Waals surface area contributed by atoms with Crippen molar-refractivity contribution in [3.63, 3.8) is 0 Å². The Kier molecular flexibility index (Phi) is 5.20. The second-order valence-electron chi connectivity index (χ2n) is 4.65. The van der Waals surface area contributed by atoms with Gasteiger partial charge in [0.2, 0.25) is 0 Å². The third kappa shape index (κ3) is 3.67. The number of hydrogen-bond acceptors (Lipinski definition) is 4. The summed E-state index contributed by atoms with van der Waals surface area (Å²) in [6, 6.07) is 13.9. The molecule has 0 saturated carbocycles. The molecule has 0 unspecified atom stereocenters. The number of benzene rings is 2. The molecule has 114 valence electrons. The molecule has 4 heteroatoms. The summed E-state index contributed by atoms with van der Waals surface area (Å²) in [7, 11) is 4.87. The Hall–Kier alpha value is -2.75. The van der Waals surface area contributed by atoms with E-state index in [9.17, 15) is 4.79 Å². The molecule has 0 aliphatic heterocycles. The van der Waals surface area contributed by atoms with Crippen LogP contribution in [0.2, 0.25) is 0 Å². The molecular formula is C18H19NO3. The van der Waals surface area contributed by atoms with Crippen molar-refractivity contribution in [1.82, 2.24) is 0 Å². The maximum atomic E-state index is 11.2. The van der Waals surface area contributed by atoms with Crippen LogP contribution in [0.1, 0.15) is 5.56 Å². The summed E-state index contributed by atoms with van der Waals surface area (Å²) in [5, 5.41) is 3.12. The standard InChI is InChI=1S/C18H19NO3/c1-19-15-6-4-5-14(12-15)16-9-7-13(11-17(16)21-2)8-10-18(20)22-3/h4-12,19H,1-3H3. The number of carbonyl (C=O) groups is 1. The lowest BCUT2D eigenvalue weighted by Crippen LogP contribution is -1.94. The number of esters is 1. The number of nitrogens with one attached hydrogen (secondary N) is 1. The van der Waals surface area contributed by atoms with Gasteiger partial charge in [-0.1, -0.05) is 24.3 Å². The van der Waals surface area contributed by atoms with Crippen LogP contribution in [0.4, 0.5) is 5.69 Å². The van der Waals surface area contributed by atoms with Gasteiger partial charge in [0.15, 0.2) is 0 Å². The highest BCUT2D eigenvalue weighted by Crippen LogP contribution is 2.32. The van der Waals surface area contributed by atoms with Crippen LogP contribution in [-0.4, -0.2) is 27.2 Å². The lowest BCUT2D eigenvalue weighted by atomic mass is 10.0.